The number of rotatable bonds is 0. The van der Waals surface area contributed by atoms with Gasteiger partial charge in [0.15, 0.2) is 0 Å². The quantitative estimate of drug-likeness (QED) is 0.276. The minimum atomic E-state index is 0.250. The first-order valence-electron chi connectivity index (χ1n) is 1.69. The standard InChI is InChI=1S/C2H9ClSi2/c1-2(3,4)5/h1,4-5H3. The third-order valence-electron chi connectivity index (χ3n) is 0. The molecule has 0 spiro atoms. The van der Waals surface area contributed by atoms with E-state index in [0.717, 1.165) is 20.5 Å². The highest BCUT2D eigenvalue weighted by Crippen LogP contribution is 1.97. The van der Waals surface area contributed by atoms with Crippen LogP contribution in [-0.4, -0.2) is 24.6 Å². The first-order valence-corrected chi connectivity index (χ1v) is 4.07. The predicted molar refractivity (Wildman–Crippen MR) is 34.1 cm³/mol. The average molecular weight is 125 g/mol. The summed E-state index contributed by atoms with van der Waals surface area (Å²) in [6, 6.07) is 0. The van der Waals surface area contributed by atoms with Crippen LogP contribution in [0.5, 0.6) is 0 Å². The molecule has 0 radical (unpaired) electrons. The van der Waals surface area contributed by atoms with E-state index >= 15 is 0 Å². The molecular formula is C2H9ClSi2. The zero-order valence-corrected chi connectivity index (χ0v) is 8.63. The predicted octanol–water partition coefficient (Wildman–Crippen LogP) is -1.37. The van der Waals surface area contributed by atoms with Crippen LogP contribution in [0.15, 0.2) is 0 Å². The van der Waals surface area contributed by atoms with Crippen LogP contribution in [0.4, 0.5) is 0 Å². The summed E-state index contributed by atoms with van der Waals surface area (Å²) >= 11 is 5.65. The molecule has 0 nitrogen and oxygen atoms in total. The van der Waals surface area contributed by atoms with Crippen molar-refractivity contribution in [3.8, 4) is 0 Å². The van der Waals surface area contributed by atoms with Crippen molar-refractivity contribution in [2.45, 2.75) is 11.0 Å². The topological polar surface area (TPSA) is 0 Å². The Morgan fingerprint density at radius 2 is 1.60 bits per heavy atom. The number of hydrogen-bond acceptors (Lipinski definition) is 0. The van der Waals surface area contributed by atoms with Crippen LogP contribution in [0, 0.1) is 0 Å². The SMILES string of the molecule is CC([SiH3])([SiH3])Cl. The monoisotopic (exact) mass is 124 g/mol. The van der Waals surface area contributed by atoms with E-state index in [0.29, 0.717) is 0 Å². The van der Waals surface area contributed by atoms with E-state index < -0.39 is 0 Å². The van der Waals surface area contributed by atoms with Gasteiger partial charge >= 0.3 is 0 Å². The minimum absolute atomic E-state index is 0.250. The van der Waals surface area contributed by atoms with Gasteiger partial charge in [0.05, 0.1) is 0 Å². The van der Waals surface area contributed by atoms with Crippen molar-refractivity contribution < 1.29 is 0 Å². The molecule has 0 aromatic rings. The molecule has 0 aromatic carbocycles. The van der Waals surface area contributed by atoms with Crippen molar-refractivity contribution in [3.05, 3.63) is 0 Å². The zero-order valence-electron chi connectivity index (χ0n) is 3.88. The second kappa shape index (κ2) is 1.45. The first-order chi connectivity index (χ1) is 2.00. The van der Waals surface area contributed by atoms with E-state index in [1.54, 1.807) is 0 Å². The Hall–Kier alpha value is 0.724. The molecular weight excluding hydrogens is 116 g/mol. The third-order valence-corrected chi connectivity index (χ3v) is 0. The molecule has 0 unspecified atom stereocenters. The lowest BCUT2D eigenvalue weighted by molar-refractivity contribution is 1.26. The van der Waals surface area contributed by atoms with Crippen molar-refractivity contribution in [1.29, 1.82) is 0 Å². The fourth-order valence-corrected chi connectivity index (χ4v) is 0. The van der Waals surface area contributed by atoms with E-state index in [4.69, 9.17) is 11.6 Å². The molecule has 0 aliphatic heterocycles. The summed E-state index contributed by atoms with van der Waals surface area (Å²) < 4.78 is 0.250. The van der Waals surface area contributed by atoms with Crippen LogP contribution in [-0.2, 0) is 0 Å². The minimum Gasteiger partial charge on any atom is -0.129 e. The third kappa shape index (κ3) is 66.9. The van der Waals surface area contributed by atoms with Crippen LogP contribution < -0.4 is 0 Å². The maximum Gasteiger partial charge on any atom is 0.0240 e. The van der Waals surface area contributed by atoms with Gasteiger partial charge in [-0.25, -0.2) is 0 Å². The molecule has 0 fully saturated rings. The highest BCUT2D eigenvalue weighted by Gasteiger charge is 1.99. The van der Waals surface area contributed by atoms with E-state index in [-0.39, 0.29) is 4.12 Å². The van der Waals surface area contributed by atoms with Gasteiger partial charge in [-0.1, -0.05) is 6.92 Å². The second-order valence-corrected chi connectivity index (χ2v) is 11.5. The van der Waals surface area contributed by atoms with Crippen LogP contribution in [0.1, 0.15) is 6.92 Å². The van der Waals surface area contributed by atoms with Gasteiger partial charge in [0, 0.05) is 24.6 Å². The molecule has 0 aliphatic carbocycles. The Morgan fingerprint density at radius 3 is 1.60 bits per heavy atom. The van der Waals surface area contributed by atoms with Gasteiger partial charge in [-0.2, -0.15) is 0 Å². The van der Waals surface area contributed by atoms with Gasteiger partial charge in [-0.3, -0.25) is 0 Å². The van der Waals surface area contributed by atoms with E-state index in [1.807, 2.05) is 0 Å². The molecule has 32 valence electrons. The summed E-state index contributed by atoms with van der Waals surface area (Å²) in [6.45, 7) is 2.08. The molecule has 0 saturated heterocycles. The van der Waals surface area contributed by atoms with Gasteiger partial charge in [0.25, 0.3) is 0 Å². The Kier molecular flexibility index (Phi) is 1.66. The summed E-state index contributed by atoms with van der Waals surface area (Å²) in [4.78, 5) is 0. The Bertz CT molecular complexity index is 23.1. The summed E-state index contributed by atoms with van der Waals surface area (Å²) in [5.74, 6) is 0. The lowest BCUT2D eigenvalue weighted by Gasteiger charge is -2.01. The van der Waals surface area contributed by atoms with Crippen molar-refractivity contribution in [3.63, 3.8) is 0 Å². The summed E-state index contributed by atoms with van der Waals surface area (Å²) in [7, 11) is 2.27. The van der Waals surface area contributed by atoms with Crippen LogP contribution >= 0.6 is 11.6 Å². The largest absolute Gasteiger partial charge is 0.129 e. The number of halogens is 1. The Morgan fingerprint density at radius 1 is 1.60 bits per heavy atom. The van der Waals surface area contributed by atoms with Gasteiger partial charge in [0.2, 0.25) is 0 Å². The fraction of sp³-hybridized carbons (Fsp3) is 1.00. The van der Waals surface area contributed by atoms with E-state index in [1.165, 1.54) is 0 Å². The van der Waals surface area contributed by atoms with Crippen molar-refractivity contribution in [2.24, 2.45) is 0 Å². The molecule has 5 heavy (non-hydrogen) atoms. The zero-order chi connectivity index (χ0) is 4.50. The van der Waals surface area contributed by atoms with Gasteiger partial charge in [-0.15, -0.1) is 11.6 Å². The molecule has 0 rings (SSSR count). The lowest BCUT2D eigenvalue weighted by Crippen LogP contribution is -2.14. The molecule has 0 saturated carbocycles. The summed E-state index contributed by atoms with van der Waals surface area (Å²) in [6.07, 6.45) is 0. The van der Waals surface area contributed by atoms with Crippen LogP contribution in [0.3, 0.4) is 0 Å². The average Bonchev–Trinajstić information content (AvgIpc) is 0.722. The maximum absolute atomic E-state index is 5.65. The van der Waals surface area contributed by atoms with Crippen LogP contribution in [0.2, 0.25) is 0 Å². The van der Waals surface area contributed by atoms with Gasteiger partial charge in [0.1, 0.15) is 0 Å². The summed E-state index contributed by atoms with van der Waals surface area (Å²) in [5.41, 5.74) is 0. The normalized spacial score (nSPS) is 22.8. The van der Waals surface area contributed by atoms with Gasteiger partial charge in [-0.05, 0) is 0 Å². The second-order valence-electron chi connectivity index (χ2n) is 2.07. The van der Waals surface area contributed by atoms with Crippen molar-refractivity contribution in [1.82, 2.24) is 0 Å². The smallest absolute Gasteiger partial charge is 0.0240 e. The molecule has 0 aromatic heterocycles. The fourth-order valence-electron chi connectivity index (χ4n) is 0. The number of hydrogen-bond donors (Lipinski definition) is 0. The molecule has 0 bridgehead atoms. The molecule has 0 atom stereocenters. The highest BCUT2D eigenvalue weighted by atomic mass is 35.5. The Balaban J connectivity index is 3.02. The van der Waals surface area contributed by atoms with Crippen molar-refractivity contribution in [2.75, 3.05) is 0 Å². The lowest BCUT2D eigenvalue weighted by atomic mass is 10.9. The highest BCUT2D eigenvalue weighted by molar-refractivity contribution is 6.62. The van der Waals surface area contributed by atoms with Gasteiger partial charge < -0.3 is 0 Å². The summed E-state index contributed by atoms with van der Waals surface area (Å²) in [5, 5.41) is 0. The molecule has 0 aliphatic rings. The molecule has 0 heterocycles. The molecule has 0 N–H and O–H groups in total. The van der Waals surface area contributed by atoms with E-state index in [2.05, 4.69) is 6.92 Å². The number of alkyl halides is 1. The van der Waals surface area contributed by atoms with E-state index in [9.17, 15) is 0 Å². The van der Waals surface area contributed by atoms with Crippen molar-refractivity contribution >= 4 is 32.1 Å². The Labute approximate surface area is 43.7 Å². The van der Waals surface area contributed by atoms with Crippen LogP contribution in [0.25, 0.3) is 0 Å². The molecule has 0 amide bonds. The maximum atomic E-state index is 5.65. The molecule has 3 heteroatoms. The first kappa shape index (κ1) is 5.72.